The molecule has 0 atom stereocenters. The van der Waals surface area contributed by atoms with Gasteiger partial charge in [-0.1, -0.05) is 0 Å². The van der Waals surface area contributed by atoms with Gasteiger partial charge in [-0.3, -0.25) is 4.79 Å². The van der Waals surface area contributed by atoms with Crippen LogP contribution in [-0.4, -0.2) is 5.97 Å². The first-order valence-electron chi connectivity index (χ1n) is 8.46. The highest BCUT2D eigenvalue weighted by Crippen LogP contribution is 2.53. The van der Waals surface area contributed by atoms with Crippen LogP contribution in [0, 0.1) is 52.8 Å². The molecule has 4 fully saturated rings. The first-order valence-corrected chi connectivity index (χ1v) is 8.46. The van der Waals surface area contributed by atoms with Crippen molar-refractivity contribution in [3.63, 3.8) is 0 Å². The Balaban J connectivity index is 0.000000155. The minimum Gasteiger partial charge on any atom is -0.420 e. The Morgan fingerprint density at radius 1 is 0.680 bits per heavy atom. The molecule has 4 saturated carbocycles. The summed E-state index contributed by atoms with van der Waals surface area (Å²) in [5.41, 5.74) is 0. The number of esters is 1. The Morgan fingerprint density at radius 3 is 1.24 bits per heavy atom. The SMILES string of the molecule is C1C2CC3CC1CC(C2)C3.CC(=O)Oc1c(F)c(F)c(F)c(F)c1F. The fourth-order valence-corrected chi connectivity index (χ4v) is 4.80. The molecule has 4 bridgehead atoms. The van der Waals surface area contributed by atoms with E-state index in [9.17, 15) is 26.7 Å². The van der Waals surface area contributed by atoms with Gasteiger partial charge in [-0.2, -0.15) is 8.78 Å². The summed E-state index contributed by atoms with van der Waals surface area (Å²) >= 11 is 0. The predicted molar refractivity (Wildman–Crippen MR) is 79.2 cm³/mol. The maximum absolute atomic E-state index is 12.8. The van der Waals surface area contributed by atoms with E-state index < -0.39 is 40.8 Å². The molecular formula is C18H19F5O2. The second kappa shape index (κ2) is 6.92. The van der Waals surface area contributed by atoms with Gasteiger partial charge in [0.1, 0.15) is 0 Å². The molecular weight excluding hydrogens is 343 g/mol. The second-order valence-corrected chi connectivity index (χ2v) is 7.37. The van der Waals surface area contributed by atoms with Crippen LogP contribution in [0.1, 0.15) is 45.4 Å². The Kier molecular flexibility index (Phi) is 5.02. The van der Waals surface area contributed by atoms with Gasteiger partial charge in [0.2, 0.25) is 34.8 Å². The van der Waals surface area contributed by atoms with Crippen LogP contribution in [0.25, 0.3) is 0 Å². The Morgan fingerprint density at radius 2 is 0.960 bits per heavy atom. The number of carbonyl (C=O) groups is 1. The Bertz CT molecular complexity index is 603. The van der Waals surface area contributed by atoms with Crippen molar-refractivity contribution < 1.29 is 31.5 Å². The van der Waals surface area contributed by atoms with Crippen molar-refractivity contribution in [2.75, 3.05) is 0 Å². The molecule has 1 aromatic rings. The number of ether oxygens (including phenoxy) is 1. The summed E-state index contributed by atoms with van der Waals surface area (Å²) in [6.45, 7) is 0.762. The van der Waals surface area contributed by atoms with Gasteiger partial charge in [0.25, 0.3) is 0 Å². The van der Waals surface area contributed by atoms with E-state index in [1.54, 1.807) is 38.5 Å². The largest absolute Gasteiger partial charge is 0.420 e. The first-order chi connectivity index (χ1) is 11.8. The predicted octanol–water partition coefficient (Wildman–Crippen LogP) is 5.14. The van der Waals surface area contributed by atoms with Crippen molar-refractivity contribution in [2.24, 2.45) is 23.7 Å². The van der Waals surface area contributed by atoms with Gasteiger partial charge in [-0.25, -0.2) is 13.2 Å². The molecule has 1 aromatic carbocycles. The minimum absolute atomic E-state index is 0.762. The van der Waals surface area contributed by atoms with Crippen LogP contribution in [0.5, 0.6) is 5.75 Å². The van der Waals surface area contributed by atoms with Gasteiger partial charge in [-0.15, -0.1) is 0 Å². The molecule has 4 aliphatic rings. The van der Waals surface area contributed by atoms with Gasteiger partial charge in [0.15, 0.2) is 0 Å². The molecule has 0 aliphatic heterocycles. The van der Waals surface area contributed by atoms with E-state index in [2.05, 4.69) is 4.74 Å². The number of halogens is 5. The van der Waals surface area contributed by atoms with E-state index in [1.807, 2.05) is 0 Å². The van der Waals surface area contributed by atoms with E-state index in [1.165, 1.54) is 23.7 Å². The summed E-state index contributed by atoms with van der Waals surface area (Å²) in [6, 6.07) is 0. The van der Waals surface area contributed by atoms with Crippen LogP contribution in [0.2, 0.25) is 0 Å². The number of rotatable bonds is 1. The number of carbonyl (C=O) groups excluding carboxylic acids is 1. The molecule has 2 nitrogen and oxygen atoms in total. The van der Waals surface area contributed by atoms with Crippen LogP contribution in [0.15, 0.2) is 0 Å². The number of hydrogen-bond acceptors (Lipinski definition) is 2. The third-order valence-electron chi connectivity index (χ3n) is 5.42. The molecule has 0 amide bonds. The van der Waals surface area contributed by atoms with Crippen LogP contribution in [0.4, 0.5) is 22.0 Å². The molecule has 25 heavy (non-hydrogen) atoms. The monoisotopic (exact) mass is 362 g/mol. The lowest BCUT2D eigenvalue weighted by atomic mass is 9.56. The van der Waals surface area contributed by atoms with Gasteiger partial charge >= 0.3 is 5.97 Å². The molecule has 0 N–H and O–H groups in total. The number of benzene rings is 1. The van der Waals surface area contributed by atoms with Crippen molar-refractivity contribution in [1.82, 2.24) is 0 Å². The molecule has 0 radical (unpaired) electrons. The van der Waals surface area contributed by atoms with Crippen LogP contribution in [0.3, 0.4) is 0 Å². The highest BCUT2D eigenvalue weighted by atomic mass is 19.2. The van der Waals surface area contributed by atoms with Gasteiger partial charge < -0.3 is 4.74 Å². The molecule has 0 heterocycles. The summed E-state index contributed by atoms with van der Waals surface area (Å²) in [6.07, 6.45) is 9.62. The molecule has 0 aromatic heterocycles. The normalized spacial score (nSPS) is 29.2. The second-order valence-electron chi connectivity index (χ2n) is 7.37. The average Bonchev–Trinajstić information content (AvgIpc) is 2.54. The Hall–Kier alpha value is -1.66. The number of hydrogen-bond donors (Lipinski definition) is 0. The van der Waals surface area contributed by atoms with Crippen LogP contribution >= 0.6 is 0 Å². The van der Waals surface area contributed by atoms with E-state index in [0.29, 0.717) is 0 Å². The lowest BCUT2D eigenvalue weighted by molar-refractivity contribution is -0.132. The third kappa shape index (κ3) is 3.65. The molecule has 0 saturated heterocycles. The maximum atomic E-state index is 12.8. The summed E-state index contributed by atoms with van der Waals surface area (Å²) in [7, 11) is 0. The summed E-state index contributed by atoms with van der Waals surface area (Å²) < 4.78 is 66.9. The molecule has 5 rings (SSSR count). The fraction of sp³-hybridized carbons (Fsp3) is 0.611. The van der Waals surface area contributed by atoms with Crippen molar-refractivity contribution in [3.05, 3.63) is 29.1 Å². The third-order valence-corrected chi connectivity index (χ3v) is 5.42. The zero-order valence-electron chi connectivity index (χ0n) is 13.8. The topological polar surface area (TPSA) is 26.3 Å². The van der Waals surface area contributed by atoms with E-state index in [-0.39, 0.29) is 0 Å². The van der Waals surface area contributed by atoms with Crippen molar-refractivity contribution in [3.8, 4) is 5.75 Å². The van der Waals surface area contributed by atoms with Crippen LogP contribution in [-0.2, 0) is 4.79 Å². The van der Waals surface area contributed by atoms with E-state index >= 15 is 0 Å². The quantitative estimate of drug-likeness (QED) is 0.227. The lowest BCUT2D eigenvalue weighted by Crippen LogP contribution is -2.38. The van der Waals surface area contributed by atoms with Crippen molar-refractivity contribution >= 4 is 5.97 Å². The molecule has 0 unspecified atom stereocenters. The molecule has 4 aliphatic carbocycles. The van der Waals surface area contributed by atoms with Crippen molar-refractivity contribution in [2.45, 2.75) is 45.4 Å². The highest BCUT2D eigenvalue weighted by Gasteiger charge is 2.41. The minimum atomic E-state index is -2.30. The van der Waals surface area contributed by atoms with Gasteiger partial charge in [-0.05, 0) is 62.2 Å². The standard InChI is InChI=1S/C10H16.C8H3F5O2/c1-7-2-9-4-8(1)5-10(3-7)6-9;1-2(14)15-8-6(12)4(10)3(9)5(11)7(8)13/h7-10H,1-6H2;1H3. The zero-order valence-corrected chi connectivity index (χ0v) is 13.8. The lowest BCUT2D eigenvalue weighted by Gasteiger charge is -2.49. The van der Waals surface area contributed by atoms with E-state index in [4.69, 9.17) is 0 Å². The van der Waals surface area contributed by atoms with Gasteiger partial charge in [0, 0.05) is 6.92 Å². The zero-order chi connectivity index (χ0) is 18.3. The molecule has 7 heteroatoms. The van der Waals surface area contributed by atoms with Gasteiger partial charge in [0.05, 0.1) is 0 Å². The summed E-state index contributed by atoms with van der Waals surface area (Å²) in [4.78, 5) is 10.3. The summed E-state index contributed by atoms with van der Waals surface area (Å²) in [5, 5.41) is 0. The molecule has 138 valence electrons. The summed E-state index contributed by atoms with van der Waals surface area (Å²) in [5.74, 6) is -9.07. The van der Waals surface area contributed by atoms with Crippen molar-refractivity contribution in [1.29, 1.82) is 0 Å². The smallest absolute Gasteiger partial charge is 0.308 e. The molecule has 0 spiro atoms. The maximum Gasteiger partial charge on any atom is 0.308 e. The first kappa shape index (κ1) is 18.1. The fourth-order valence-electron chi connectivity index (χ4n) is 4.80. The highest BCUT2D eigenvalue weighted by molar-refractivity contribution is 5.69. The Labute approximate surface area is 142 Å². The van der Waals surface area contributed by atoms with Crippen LogP contribution < -0.4 is 4.74 Å². The average molecular weight is 362 g/mol. The van der Waals surface area contributed by atoms with E-state index in [0.717, 1.165) is 6.92 Å².